The first-order valence-corrected chi connectivity index (χ1v) is 10.1. The number of hydrogen-bond acceptors (Lipinski definition) is 6. The quantitative estimate of drug-likeness (QED) is 0.447. The van der Waals surface area contributed by atoms with Crippen molar-refractivity contribution in [2.24, 2.45) is 0 Å². The molecule has 0 unspecified atom stereocenters. The first-order chi connectivity index (χ1) is 15.0. The van der Waals surface area contributed by atoms with Crippen molar-refractivity contribution in [3.8, 4) is 5.75 Å². The van der Waals surface area contributed by atoms with Gasteiger partial charge in [0, 0.05) is 13.1 Å². The number of nitrogens with one attached hydrogen (secondary N) is 1. The maximum absolute atomic E-state index is 14.7. The lowest BCUT2D eigenvalue weighted by Crippen LogP contribution is -2.54. The highest BCUT2D eigenvalue weighted by Crippen LogP contribution is 2.26. The van der Waals surface area contributed by atoms with Crippen molar-refractivity contribution in [1.29, 1.82) is 0 Å². The zero-order valence-corrected chi connectivity index (χ0v) is 17.6. The van der Waals surface area contributed by atoms with E-state index in [0.717, 1.165) is 0 Å². The fourth-order valence-electron chi connectivity index (χ4n) is 3.46. The van der Waals surface area contributed by atoms with Crippen molar-refractivity contribution in [1.82, 2.24) is 5.32 Å². The molecule has 2 amide bonds. The minimum absolute atomic E-state index is 0.0221. The van der Waals surface area contributed by atoms with E-state index in [1.165, 1.54) is 24.2 Å². The van der Waals surface area contributed by atoms with E-state index in [4.69, 9.17) is 21.7 Å². The second-order valence-corrected chi connectivity index (χ2v) is 7.35. The van der Waals surface area contributed by atoms with Crippen LogP contribution in [0.1, 0.15) is 5.56 Å². The minimum atomic E-state index is -0.627. The number of carbonyl (C=O) groups is 2. The number of morpholine rings is 1. The Labute approximate surface area is 184 Å². The van der Waals surface area contributed by atoms with E-state index >= 15 is 0 Å². The molecule has 0 atom stereocenters. The van der Waals surface area contributed by atoms with Crippen LogP contribution in [0.3, 0.4) is 0 Å². The van der Waals surface area contributed by atoms with Crippen LogP contribution in [0.5, 0.6) is 5.75 Å². The summed E-state index contributed by atoms with van der Waals surface area (Å²) < 4.78 is 25.1. The van der Waals surface area contributed by atoms with Gasteiger partial charge in [0.1, 0.15) is 17.1 Å². The molecule has 2 aromatic rings. The minimum Gasteiger partial charge on any atom is -0.497 e. The van der Waals surface area contributed by atoms with E-state index in [-0.39, 0.29) is 10.7 Å². The third kappa shape index (κ3) is 4.28. The van der Waals surface area contributed by atoms with Crippen LogP contribution in [0.25, 0.3) is 6.08 Å². The summed E-state index contributed by atoms with van der Waals surface area (Å²) in [6.45, 7) is 2.29. The molecule has 2 saturated heterocycles. The number of halogens is 1. The third-order valence-electron chi connectivity index (χ3n) is 5.07. The molecule has 1 N–H and O–H groups in total. The van der Waals surface area contributed by atoms with Crippen LogP contribution in [0.2, 0.25) is 0 Å². The van der Waals surface area contributed by atoms with Crippen LogP contribution >= 0.6 is 12.2 Å². The summed E-state index contributed by atoms with van der Waals surface area (Å²) >= 11 is 5.19. The fourth-order valence-corrected chi connectivity index (χ4v) is 3.74. The molecule has 2 aromatic carbocycles. The second-order valence-electron chi connectivity index (χ2n) is 6.97. The Morgan fingerprint density at radius 3 is 2.48 bits per heavy atom. The van der Waals surface area contributed by atoms with Crippen molar-refractivity contribution < 1.29 is 23.5 Å². The summed E-state index contributed by atoms with van der Waals surface area (Å²) in [7, 11) is 1.54. The van der Waals surface area contributed by atoms with E-state index in [0.29, 0.717) is 49.0 Å². The summed E-state index contributed by atoms with van der Waals surface area (Å²) in [6.07, 6.45) is 1.36. The number of anilines is 2. The summed E-state index contributed by atoms with van der Waals surface area (Å²) in [5, 5.41) is 2.50. The van der Waals surface area contributed by atoms with Crippen LogP contribution in [0.15, 0.2) is 48.0 Å². The molecular formula is C22H20FN3O4S. The molecule has 2 fully saturated rings. The van der Waals surface area contributed by atoms with Gasteiger partial charge in [-0.2, -0.15) is 0 Å². The molecular weight excluding hydrogens is 421 g/mol. The van der Waals surface area contributed by atoms with Gasteiger partial charge in [0.15, 0.2) is 5.11 Å². The highest BCUT2D eigenvalue weighted by molar-refractivity contribution is 7.80. The van der Waals surface area contributed by atoms with Crippen molar-refractivity contribution in [3.05, 3.63) is 59.4 Å². The van der Waals surface area contributed by atoms with Crippen LogP contribution in [-0.2, 0) is 14.3 Å². The van der Waals surface area contributed by atoms with E-state index in [1.54, 1.807) is 36.4 Å². The summed E-state index contributed by atoms with van der Waals surface area (Å²) in [5.41, 5.74) is 1.21. The number of hydrogen-bond donors (Lipinski definition) is 1. The van der Waals surface area contributed by atoms with Crippen molar-refractivity contribution in [3.63, 3.8) is 0 Å². The lowest BCUT2D eigenvalue weighted by Gasteiger charge is -2.29. The summed E-state index contributed by atoms with van der Waals surface area (Å²) in [4.78, 5) is 28.6. The standard InChI is InChI=1S/C22H20FN3O4S/c1-29-16-5-3-15(4-6-16)26-21(28)17(20(27)24-22(26)31)12-14-2-7-19(18(23)13-14)25-8-10-30-11-9-25/h2-7,12-13H,8-11H2,1H3,(H,24,27,31). The van der Waals surface area contributed by atoms with Crippen molar-refractivity contribution in [2.75, 3.05) is 43.2 Å². The highest BCUT2D eigenvalue weighted by atomic mass is 32.1. The van der Waals surface area contributed by atoms with E-state index in [9.17, 15) is 14.0 Å². The van der Waals surface area contributed by atoms with Gasteiger partial charge in [-0.25, -0.2) is 4.39 Å². The van der Waals surface area contributed by atoms with Crippen LogP contribution in [0, 0.1) is 5.82 Å². The number of carbonyl (C=O) groups excluding carboxylic acids is 2. The van der Waals surface area contributed by atoms with Gasteiger partial charge in [0.25, 0.3) is 11.8 Å². The fraction of sp³-hybridized carbons (Fsp3) is 0.227. The van der Waals surface area contributed by atoms with E-state index in [1.807, 2.05) is 4.90 Å². The molecule has 160 valence electrons. The number of thiocarbonyl (C=S) groups is 1. The highest BCUT2D eigenvalue weighted by Gasteiger charge is 2.34. The Balaban J connectivity index is 1.62. The van der Waals surface area contributed by atoms with Gasteiger partial charge in [-0.3, -0.25) is 19.8 Å². The number of amides is 2. The predicted molar refractivity (Wildman–Crippen MR) is 119 cm³/mol. The smallest absolute Gasteiger partial charge is 0.270 e. The van der Waals surface area contributed by atoms with Gasteiger partial charge >= 0.3 is 0 Å². The van der Waals surface area contributed by atoms with Gasteiger partial charge in [-0.15, -0.1) is 0 Å². The molecule has 9 heteroatoms. The predicted octanol–water partition coefficient (Wildman–Crippen LogP) is 2.50. The normalized spacial score (nSPS) is 18.4. The first kappa shape index (κ1) is 21.0. The molecule has 0 aromatic heterocycles. The van der Waals surface area contributed by atoms with Crippen LogP contribution in [-0.4, -0.2) is 50.3 Å². The summed E-state index contributed by atoms with van der Waals surface area (Å²) in [6, 6.07) is 11.3. The van der Waals surface area contributed by atoms with Gasteiger partial charge in [-0.05, 0) is 60.3 Å². The Morgan fingerprint density at radius 1 is 1.13 bits per heavy atom. The number of nitrogens with zero attached hydrogens (tertiary/aromatic N) is 2. The molecule has 31 heavy (non-hydrogen) atoms. The Hall–Kier alpha value is -3.30. The molecule has 0 aliphatic carbocycles. The monoisotopic (exact) mass is 441 g/mol. The van der Waals surface area contributed by atoms with E-state index < -0.39 is 17.6 Å². The Bertz CT molecular complexity index is 1060. The molecule has 4 rings (SSSR count). The van der Waals surface area contributed by atoms with Gasteiger partial charge < -0.3 is 14.4 Å². The average molecular weight is 441 g/mol. The SMILES string of the molecule is COc1ccc(N2C(=O)C(=Cc3ccc(N4CCOCC4)c(F)c3)C(=O)NC2=S)cc1. The Kier molecular flexibility index (Phi) is 5.97. The van der Waals surface area contributed by atoms with Gasteiger partial charge in [0.2, 0.25) is 0 Å². The van der Waals surface area contributed by atoms with E-state index in [2.05, 4.69) is 5.32 Å². The second kappa shape index (κ2) is 8.83. The average Bonchev–Trinajstić information content (AvgIpc) is 2.77. The zero-order chi connectivity index (χ0) is 22.0. The maximum Gasteiger partial charge on any atom is 0.270 e. The lowest BCUT2D eigenvalue weighted by atomic mass is 10.1. The van der Waals surface area contributed by atoms with Crippen LogP contribution in [0.4, 0.5) is 15.8 Å². The molecule has 0 spiro atoms. The zero-order valence-electron chi connectivity index (χ0n) is 16.8. The van der Waals surface area contributed by atoms with Gasteiger partial charge in [0.05, 0.1) is 31.7 Å². The maximum atomic E-state index is 14.7. The molecule has 2 aliphatic heterocycles. The molecule has 2 heterocycles. The number of benzene rings is 2. The molecule has 7 nitrogen and oxygen atoms in total. The Morgan fingerprint density at radius 2 is 1.84 bits per heavy atom. The van der Waals surface area contributed by atoms with Gasteiger partial charge in [-0.1, -0.05) is 6.07 Å². The molecule has 0 saturated carbocycles. The topological polar surface area (TPSA) is 71.1 Å². The molecule has 0 bridgehead atoms. The summed E-state index contributed by atoms with van der Waals surface area (Å²) in [5.74, 6) is -1.02. The number of rotatable bonds is 4. The largest absolute Gasteiger partial charge is 0.497 e. The lowest BCUT2D eigenvalue weighted by molar-refractivity contribution is -0.122. The number of methoxy groups -OCH3 is 1. The van der Waals surface area contributed by atoms with Crippen molar-refractivity contribution >= 4 is 46.6 Å². The van der Waals surface area contributed by atoms with Crippen LogP contribution < -0.4 is 19.9 Å². The molecule has 2 aliphatic rings. The van der Waals surface area contributed by atoms with Crippen molar-refractivity contribution in [2.45, 2.75) is 0 Å². The first-order valence-electron chi connectivity index (χ1n) is 9.65. The molecule has 0 radical (unpaired) electrons. The number of ether oxygens (including phenoxy) is 2. The third-order valence-corrected chi connectivity index (χ3v) is 5.35.